The standard InChI is InChI=1S/C13H18ClNO/c1-9(16)15-11-6-5-10(12(14)7-11)8-13(2,3)4/h5-7H,8H2,1-4H3,(H,15,16). The van der Waals surface area contributed by atoms with E-state index in [-0.39, 0.29) is 11.3 Å². The van der Waals surface area contributed by atoms with E-state index < -0.39 is 0 Å². The zero-order valence-electron chi connectivity index (χ0n) is 10.2. The van der Waals surface area contributed by atoms with E-state index in [1.165, 1.54) is 6.92 Å². The van der Waals surface area contributed by atoms with Gasteiger partial charge in [0.2, 0.25) is 5.91 Å². The lowest BCUT2D eigenvalue weighted by molar-refractivity contribution is -0.114. The number of hydrogen-bond acceptors (Lipinski definition) is 1. The highest BCUT2D eigenvalue weighted by atomic mass is 35.5. The first kappa shape index (κ1) is 13.0. The third-order valence-electron chi connectivity index (χ3n) is 2.09. The molecule has 1 amide bonds. The van der Waals surface area contributed by atoms with Gasteiger partial charge < -0.3 is 5.32 Å². The fraction of sp³-hybridized carbons (Fsp3) is 0.462. The van der Waals surface area contributed by atoms with E-state index >= 15 is 0 Å². The first-order chi connectivity index (χ1) is 7.28. The molecule has 0 unspecified atom stereocenters. The molecular formula is C13H18ClNO. The van der Waals surface area contributed by atoms with E-state index in [9.17, 15) is 4.79 Å². The van der Waals surface area contributed by atoms with Crippen molar-refractivity contribution in [3.8, 4) is 0 Å². The first-order valence-electron chi connectivity index (χ1n) is 5.34. The molecule has 0 bridgehead atoms. The summed E-state index contributed by atoms with van der Waals surface area (Å²) in [5, 5.41) is 3.42. The minimum atomic E-state index is -0.0837. The molecule has 1 aromatic carbocycles. The average Bonchev–Trinajstić information content (AvgIpc) is 2.06. The summed E-state index contributed by atoms with van der Waals surface area (Å²) < 4.78 is 0. The van der Waals surface area contributed by atoms with Crippen LogP contribution in [0.2, 0.25) is 5.02 Å². The summed E-state index contributed by atoms with van der Waals surface area (Å²) in [5.41, 5.74) is 2.07. The topological polar surface area (TPSA) is 29.1 Å². The van der Waals surface area contributed by atoms with E-state index in [4.69, 9.17) is 11.6 Å². The van der Waals surface area contributed by atoms with Crippen LogP contribution in [0.25, 0.3) is 0 Å². The summed E-state index contributed by atoms with van der Waals surface area (Å²) >= 11 is 6.17. The van der Waals surface area contributed by atoms with Crippen molar-refractivity contribution in [2.24, 2.45) is 5.41 Å². The number of amides is 1. The summed E-state index contributed by atoms with van der Waals surface area (Å²) in [6.07, 6.45) is 0.923. The van der Waals surface area contributed by atoms with Crippen LogP contribution in [0.4, 0.5) is 5.69 Å². The van der Waals surface area contributed by atoms with Gasteiger partial charge in [-0.3, -0.25) is 4.79 Å². The van der Waals surface area contributed by atoms with Crippen LogP contribution in [-0.4, -0.2) is 5.91 Å². The monoisotopic (exact) mass is 239 g/mol. The van der Waals surface area contributed by atoms with Gasteiger partial charge in [0, 0.05) is 17.6 Å². The molecule has 0 heterocycles. The Bertz CT molecular complexity index is 393. The number of anilines is 1. The molecule has 16 heavy (non-hydrogen) atoms. The minimum Gasteiger partial charge on any atom is -0.326 e. The highest BCUT2D eigenvalue weighted by molar-refractivity contribution is 6.31. The lowest BCUT2D eigenvalue weighted by Gasteiger charge is -2.19. The van der Waals surface area contributed by atoms with Gasteiger partial charge in [0.1, 0.15) is 0 Å². The fourth-order valence-corrected chi connectivity index (χ4v) is 1.79. The number of carbonyl (C=O) groups is 1. The molecule has 0 aliphatic rings. The molecule has 0 saturated heterocycles. The van der Waals surface area contributed by atoms with Crippen molar-refractivity contribution in [2.45, 2.75) is 34.1 Å². The lowest BCUT2D eigenvalue weighted by atomic mass is 9.88. The lowest BCUT2D eigenvalue weighted by Crippen LogP contribution is -2.10. The molecule has 0 radical (unpaired) electrons. The van der Waals surface area contributed by atoms with Gasteiger partial charge in [0.15, 0.2) is 0 Å². The van der Waals surface area contributed by atoms with Crippen molar-refractivity contribution < 1.29 is 4.79 Å². The van der Waals surface area contributed by atoms with Gasteiger partial charge in [-0.1, -0.05) is 38.4 Å². The highest BCUT2D eigenvalue weighted by Crippen LogP contribution is 2.27. The molecule has 1 rings (SSSR count). The summed E-state index contributed by atoms with van der Waals surface area (Å²) in [4.78, 5) is 10.9. The molecule has 3 heteroatoms. The normalized spacial score (nSPS) is 11.3. The predicted octanol–water partition coefficient (Wildman–Crippen LogP) is 3.89. The van der Waals surface area contributed by atoms with Gasteiger partial charge in [-0.05, 0) is 29.5 Å². The van der Waals surface area contributed by atoms with Crippen molar-refractivity contribution in [2.75, 3.05) is 5.32 Å². The number of carbonyl (C=O) groups excluding carboxylic acids is 1. The Labute approximate surface area is 102 Å². The van der Waals surface area contributed by atoms with E-state index in [1.807, 2.05) is 12.1 Å². The van der Waals surface area contributed by atoms with E-state index in [1.54, 1.807) is 6.07 Å². The SMILES string of the molecule is CC(=O)Nc1ccc(CC(C)(C)C)c(Cl)c1. The van der Waals surface area contributed by atoms with Gasteiger partial charge in [0.05, 0.1) is 0 Å². The van der Waals surface area contributed by atoms with Crippen LogP contribution in [0, 0.1) is 5.41 Å². The van der Waals surface area contributed by atoms with Gasteiger partial charge in [-0.15, -0.1) is 0 Å². The zero-order chi connectivity index (χ0) is 12.3. The van der Waals surface area contributed by atoms with Crippen LogP contribution in [0.5, 0.6) is 0 Å². The molecule has 1 aromatic rings. The molecule has 88 valence electrons. The second-order valence-corrected chi connectivity index (χ2v) is 5.63. The molecular weight excluding hydrogens is 222 g/mol. The van der Waals surface area contributed by atoms with Crippen molar-refractivity contribution in [1.82, 2.24) is 0 Å². The maximum atomic E-state index is 10.9. The van der Waals surface area contributed by atoms with Crippen LogP contribution < -0.4 is 5.32 Å². The second-order valence-electron chi connectivity index (χ2n) is 5.22. The Balaban J connectivity index is 2.87. The maximum absolute atomic E-state index is 10.9. The summed E-state index contributed by atoms with van der Waals surface area (Å²) in [5.74, 6) is -0.0837. The molecule has 2 nitrogen and oxygen atoms in total. The molecule has 0 spiro atoms. The van der Waals surface area contributed by atoms with Crippen LogP contribution in [0.15, 0.2) is 18.2 Å². The number of halogens is 1. The molecule has 0 aromatic heterocycles. The quantitative estimate of drug-likeness (QED) is 0.834. The molecule has 1 N–H and O–H groups in total. The summed E-state index contributed by atoms with van der Waals surface area (Å²) in [7, 11) is 0. The number of rotatable bonds is 2. The van der Waals surface area contributed by atoms with Gasteiger partial charge in [0.25, 0.3) is 0 Å². The zero-order valence-corrected chi connectivity index (χ0v) is 11.0. The summed E-state index contributed by atoms with van der Waals surface area (Å²) in [6, 6.07) is 5.65. The molecule has 0 atom stereocenters. The van der Waals surface area contributed by atoms with Crippen molar-refractivity contribution in [3.05, 3.63) is 28.8 Å². The van der Waals surface area contributed by atoms with Crippen molar-refractivity contribution in [3.63, 3.8) is 0 Å². The van der Waals surface area contributed by atoms with E-state index in [0.717, 1.165) is 17.7 Å². The Kier molecular flexibility index (Phi) is 3.98. The largest absolute Gasteiger partial charge is 0.326 e. The van der Waals surface area contributed by atoms with Crippen LogP contribution in [0.1, 0.15) is 33.3 Å². The Hall–Kier alpha value is -1.02. The van der Waals surface area contributed by atoms with E-state index in [0.29, 0.717) is 5.02 Å². The molecule has 0 aliphatic carbocycles. The molecule has 0 aliphatic heterocycles. The number of hydrogen-bond donors (Lipinski definition) is 1. The molecule has 0 fully saturated rings. The minimum absolute atomic E-state index is 0.0837. The Morgan fingerprint density at radius 3 is 2.44 bits per heavy atom. The van der Waals surface area contributed by atoms with Gasteiger partial charge in [-0.2, -0.15) is 0 Å². The van der Waals surface area contributed by atoms with Crippen molar-refractivity contribution >= 4 is 23.2 Å². The third kappa shape index (κ3) is 4.23. The second kappa shape index (κ2) is 4.88. The maximum Gasteiger partial charge on any atom is 0.221 e. The highest BCUT2D eigenvalue weighted by Gasteiger charge is 2.13. The Morgan fingerprint density at radius 2 is 2.00 bits per heavy atom. The first-order valence-corrected chi connectivity index (χ1v) is 5.72. The average molecular weight is 240 g/mol. The van der Waals surface area contributed by atoms with Gasteiger partial charge >= 0.3 is 0 Å². The smallest absolute Gasteiger partial charge is 0.221 e. The fourth-order valence-electron chi connectivity index (χ4n) is 1.54. The van der Waals surface area contributed by atoms with Crippen LogP contribution in [-0.2, 0) is 11.2 Å². The van der Waals surface area contributed by atoms with Crippen LogP contribution >= 0.6 is 11.6 Å². The van der Waals surface area contributed by atoms with Crippen LogP contribution in [0.3, 0.4) is 0 Å². The number of nitrogens with one attached hydrogen (secondary N) is 1. The number of benzene rings is 1. The summed E-state index contributed by atoms with van der Waals surface area (Å²) in [6.45, 7) is 8.00. The Morgan fingerprint density at radius 1 is 1.38 bits per heavy atom. The van der Waals surface area contributed by atoms with Crippen molar-refractivity contribution in [1.29, 1.82) is 0 Å². The molecule has 0 saturated carbocycles. The van der Waals surface area contributed by atoms with Gasteiger partial charge in [-0.25, -0.2) is 0 Å². The van der Waals surface area contributed by atoms with E-state index in [2.05, 4.69) is 26.1 Å². The third-order valence-corrected chi connectivity index (χ3v) is 2.45. The predicted molar refractivity (Wildman–Crippen MR) is 68.9 cm³/mol.